The zero-order valence-electron chi connectivity index (χ0n) is 14.6. The number of hydrogen-bond acceptors (Lipinski definition) is 4. The molecule has 4 heteroatoms. The Kier molecular flexibility index (Phi) is 7.56. The van der Waals surface area contributed by atoms with Crippen LogP contribution in [-0.2, 0) is 11.3 Å². The van der Waals surface area contributed by atoms with Gasteiger partial charge in [0.2, 0.25) is 0 Å². The highest BCUT2D eigenvalue weighted by Gasteiger charge is 2.08. The van der Waals surface area contributed by atoms with Crippen LogP contribution in [-0.4, -0.2) is 19.1 Å². The maximum atomic E-state index is 11.7. The molecule has 1 aromatic carbocycles. The van der Waals surface area contributed by atoms with Crippen LogP contribution in [0.4, 0.5) is 0 Å². The van der Waals surface area contributed by atoms with Crippen LogP contribution in [0.2, 0.25) is 0 Å². The van der Waals surface area contributed by atoms with Gasteiger partial charge in [-0.2, -0.15) is 0 Å². The Bertz CT molecular complexity index is 616. The molecule has 1 N–H and O–H groups in total. The van der Waals surface area contributed by atoms with Crippen LogP contribution in [0.5, 0.6) is 0 Å². The van der Waals surface area contributed by atoms with Gasteiger partial charge in [0.1, 0.15) is 11.5 Å². The van der Waals surface area contributed by atoms with Crippen molar-refractivity contribution in [2.75, 3.05) is 13.2 Å². The molecule has 4 nitrogen and oxygen atoms in total. The number of carbonyl (C=O) groups excluding carboxylic acids is 1. The van der Waals surface area contributed by atoms with Crippen LogP contribution in [0.1, 0.15) is 55.6 Å². The zero-order valence-corrected chi connectivity index (χ0v) is 14.6. The number of esters is 1. The number of rotatable bonds is 10. The zero-order chi connectivity index (χ0) is 17.2. The van der Waals surface area contributed by atoms with Gasteiger partial charge in [-0.1, -0.05) is 38.3 Å². The van der Waals surface area contributed by atoms with E-state index in [1.54, 1.807) is 19.1 Å². The number of hydrogen-bond donors (Lipinski definition) is 1. The van der Waals surface area contributed by atoms with Gasteiger partial charge in [-0.15, -0.1) is 0 Å². The van der Waals surface area contributed by atoms with E-state index in [-0.39, 0.29) is 5.97 Å². The molecule has 0 amide bonds. The number of unbranched alkanes of at least 4 members (excludes halogenated alkanes) is 3. The smallest absolute Gasteiger partial charge is 0.338 e. The first-order valence-corrected chi connectivity index (χ1v) is 8.81. The van der Waals surface area contributed by atoms with Gasteiger partial charge in [0.15, 0.2) is 0 Å². The van der Waals surface area contributed by atoms with E-state index < -0.39 is 0 Å². The average Bonchev–Trinajstić information content (AvgIpc) is 3.07. The van der Waals surface area contributed by atoms with Gasteiger partial charge in [0.25, 0.3) is 0 Å². The molecule has 0 aliphatic rings. The summed E-state index contributed by atoms with van der Waals surface area (Å²) in [5.74, 6) is 1.44. The Morgan fingerprint density at radius 3 is 2.54 bits per heavy atom. The number of furan rings is 1. The third-order valence-corrected chi connectivity index (χ3v) is 3.85. The Hall–Kier alpha value is -2.07. The van der Waals surface area contributed by atoms with E-state index in [0.717, 1.165) is 30.2 Å². The van der Waals surface area contributed by atoms with Crippen LogP contribution in [0.15, 0.2) is 40.8 Å². The molecule has 0 saturated heterocycles. The fraction of sp³-hybridized carbons (Fsp3) is 0.450. The van der Waals surface area contributed by atoms with Crippen molar-refractivity contribution in [2.24, 2.45) is 0 Å². The lowest BCUT2D eigenvalue weighted by atomic mass is 10.1. The molecule has 130 valence electrons. The summed E-state index contributed by atoms with van der Waals surface area (Å²) in [5.41, 5.74) is 1.51. The molecule has 2 rings (SSSR count). The Morgan fingerprint density at radius 1 is 1.04 bits per heavy atom. The first-order valence-electron chi connectivity index (χ1n) is 8.81. The number of benzene rings is 1. The normalized spacial score (nSPS) is 10.8. The van der Waals surface area contributed by atoms with Crippen molar-refractivity contribution in [2.45, 2.75) is 46.1 Å². The van der Waals surface area contributed by atoms with Gasteiger partial charge in [-0.3, -0.25) is 0 Å². The third kappa shape index (κ3) is 5.53. The molecule has 0 fully saturated rings. The monoisotopic (exact) mass is 329 g/mol. The SMILES string of the molecule is CCCCCCNCc1ccc(-c2ccc(C(=O)OCC)cc2)o1. The van der Waals surface area contributed by atoms with Crippen molar-refractivity contribution in [1.82, 2.24) is 5.32 Å². The summed E-state index contributed by atoms with van der Waals surface area (Å²) in [7, 11) is 0. The van der Waals surface area contributed by atoms with E-state index in [9.17, 15) is 4.79 Å². The first kappa shape index (κ1) is 18.3. The van der Waals surface area contributed by atoms with Crippen LogP contribution in [0.3, 0.4) is 0 Å². The predicted octanol–water partition coefficient (Wildman–Crippen LogP) is 4.79. The molecule has 2 aromatic rings. The van der Waals surface area contributed by atoms with E-state index in [0.29, 0.717) is 12.2 Å². The molecule has 1 aromatic heterocycles. The molecule has 1 heterocycles. The Balaban J connectivity index is 1.85. The second-order valence-corrected chi connectivity index (χ2v) is 5.80. The second-order valence-electron chi connectivity index (χ2n) is 5.80. The molecule has 24 heavy (non-hydrogen) atoms. The van der Waals surface area contributed by atoms with Gasteiger partial charge < -0.3 is 14.5 Å². The van der Waals surface area contributed by atoms with Gasteiger partial charge in [0, 0.05) is 5.56 Å². The number of ether oxygens (including phenoxy) is 1. The summed E-state index contributed by atoms with van der Waals surface area (Å²) in [4.78, 5) is 11.7. The van der Waals surface area contributed by atoms with E-state index in [1.807, 2.05) is 24.3 Å². The average molecular weight is 329 g/mol. The lowest BCUT2D eigenvalue weighted by Gasteiger charge is -2.03. The van der Waals surface area contributed by atoms with E-state index in [4.69, 9.17) is 9.15 Å². The van der Waals surface area contributed by atoms with Crippen LogP contribution in [0, 0.1) is 0 Å². The standard InChI is InChI=1S/C20H27NO3/c1-3-5-6-7-14-21-15-18-12-13-19(24-18)16-8-10-17(11-9-16)20(22)23-4-2/h8-13,21H,3-7,14-15H2,1-2H3. The summed E-state index contributed by atoms with van der Waals surface area (Å²) in [6, 6.07) is 11.3. The topological polar surface area (TPSA) is 51.5 Å². The highest BCUT2D eigenvalue weighted by Crippen LogP contribution is 2.22. The molecule has 0 atom stereocenters. The van der Waals surface area contributed by atoms with Crippen molar-refractivity contribution in [3.05, 3.63) is 47.7 Å². The van der Waals surface area contributed by atoms with Crippen molar-refractivity contribution < 1.29 is 13.9 Å². The lowest BCUT2D eigenvalue weighted by molar-refractivity contribution is 0.0526. The van der Waals surface area contributed by atoms with Gasteiger partial charge in [-0.25, -0.2) is 4.79 Å². The summed E-state index contributed by atoms with van der Waals surface area (Å²) >= 11 is 0. The van der Waals surface area contributed by atoms with E-state index in [2.05, 4.69) is 12.2 Å². The van der Waals surface area contributed by atoms with Gasteiger partial charge in [0.05, 0.1) is 18.7 Å². The molecular formula is C20H27NO3. The Morgan fingerprint density at radius 2 is 1.83 bits per heavy atom. The summed E-state index contributed by atoms with van der Waals surface area (Å²) in [6.07, 6.45) is 5.04. The van der Waals surface area contributed by atoms with Crippen LogP contribution < -0.4 is 5.32 Å². The highest BCUT2D eigenvalue weighted by molar-refractivity contribution is 5.89. The Labute approximate surface area is 144 Å². The summed E-state index contributed by atoms with van der Waals surface area (Å²) in [5, 5.41) is 3.41. The lowest BCUT2D eigenvalue weighted by Crippen LogP contribution is -2.14. The van der Waals surface area contributed by atoms with Gasteiger partial charge >= 0.3 is 5.97 Å². The van der Waals surface area contributed by atoms with Gasteiger partial charge in [-0.05, 0) is 44.2 Å². The molecule has 0 unspecified atom stereocenters. The molecule has 0 radical (unpaired) electrons. The number of carbonyl (C=O) groups is 1. The fourth-order valence-electron chi connectivity index (χ4n) is 2.50. The van der Waals surface area contributed by atoms with Crippen molar-refractivity contribution >= 4 is 5.97 Å². The second kappa shape index (κ2) is 9.93. The summed E-state index contributed by atoms with van der Waals surface area (Å²) < 4.78 is 10.9. The van der Waals surface area contributed by atoms with E-state index >= 15 is 0 Å². The quantitative estimate of drug-likeness (QED) is 0.503. The van der Waals surface area contributed by atoms with E-state index in [1.165, 1.54) is 25.7 Å². The highest BCUT2D eigenvalue weighted by atomic mass is 16.5. The molecule has 0 bridgehead atoms. The first-order chi connectivity index (χ1) is 11.7. The van der Waals surface area contributed by atoms with Crippen LogP contribution in [0.25, 0.3) is 11.3 Å². The third-order valence-electron chi connectivity index (χ3n) is 3.85. The molecule has 0 aliphatic heterocycles. The molecule has 0 saturated carbocycles. The van der Waals surface area contributed by atoms with Crippen molar-refractivity contribution in [3.63, 3.8) is 0 Å². The molecule has 0 aliphatic carbocycles. The fourth-order valence-corrected chi connectivity index (χ4v) is 2.50. The van der Waals surface area contributed by atoms with Crippen LogP contribution >= 0.6 is 0 Å². The van der Waals surface area contributed by atoms with Crippen molar-refractivity contribution in [1.29, 1.82) is 0 Å². The molecule has 0 spiro atoms. The largest absolute Gasteiger partial charge is 0.462 e. The minimum Gasteiger partial charge on any atom is -0.462 e. The minimum atomic E-state index is -0.295. The molecular weight excluding hydrogens is 302 g/mol. The van der Waals surface area contributed by atoms with Crippen molar-refractivity contribution in [3.8, 4) is 11.3 Å². The minimum absolute atomic E-state index is 0.295. The summed E-state index contributed by atoms with van der Waals surface area (Å²) in [6.45, 7) is 6.16. The maximum absolute atomic E-state index is 11.7. The maximum Gasteiger partial charge on any atom is 0.338 e. The number of nitrogens with one attached hydrogen (secondary N) is 1. The predicted molar refractivity (Wildman–Crippen MR) is 95.9 cm³/mol.